The summed E-state index contributed by atoms with van der Waals surface area (Å²) in [7, 11) is 1.65. The number of fused-ring (bicyclic) bond motifs is 1. The number of carbonyl (C=O) groups excluding carboxylic acids is 2. The maximum atomic E-state index is 13.9. The molecule has 3 aromatic carbocycles. The van der Waals surface area contributed by atoms with Gasteiger partial charge in [0.1, 0.15) is 12.3 Å². The van der Waals surface area contributed by atoms with E-state index in [0.29, 0.717) is 31.6 Å². The van der Waals surface area contributed by atoms with Crippen molar-refractivity contribution in [3.8, 4) is 5.75 Å². The number of ether oxygens (including phenoxy) is 1. The average molecular weight is 568 g/mol. The van der Waals surface area contributed by atoms with Gasteiger partial charge in [0.25, 0.3) is 5.91 Å². The summed E-state index contributed by atoms with van der Waals surface area (Å²) in [5, 5.41) is 1.17. The van der Waals surface area contributed by atoms with Crippen LogP contribution in [0, 0.1) is 0 Å². The van der Waals surface area contributed by atoms with E-state index in [-0.39, 0.29) is 18.4 Å². The van der Waals surface area contributed by atoms with Gasteiger partial charge in [0.15, 0.2) is 0 Å². The third kappa shape index (κ3) is 8.48. The van der Waals surface area contributed by atoms with Crippen molar-refractivity contribution in [2.45, 2.75) is 65.3 Å². The van der Waals surface area contributed by atoms with Crippen molar-refractivity contribution >= 4 is 22.7 Å². The summed E-state index contributed by atoms with van der Waals surface area (Å²) in [5.41, 5.74) is 5.18. The number of hydrogen-bond acceptors (Lipinski definition) is 3. The van der Waals surface area contributed by atoms with Crippen LogP contribution >= 0.6 is 0 Å². The van der Waals surface area contributed by atoms with Crippen LogP contribution in [0.5, 0.6) is 5.75 Å². The molecule has 0 fully saturated rings. The molecule has 0 bridgehead atoms. The van der Waals surface area contributed by atoms with E-state index in [1.54, 1.807) is 12.0 Å². The second kappa shape index (κ2) is 15.8. The van der Waals surface area contributed by atoms with Crippen molar-refractivity contribution in [2.75, 3.05) is 26.7 Å². The lowest BCUT2D eigenvalue weighted by Gasteiger charge is -2.28. The molecule has 4 aromatic rings. The summed E-state index contributed by atoms with van der Waals surface area (Å²) in [6, 6.07) is 24.0. The molecule has 42 heavy (non-hydrogen) atoms. The Balaban J connectivity index is 1.50. The summed E-state index contributed by atoms with van der Waals surface area (Å²) in [6.45, 7) is 5.93. The molecular weight excluding hydrogens is 522 g/mol. The van der Waals surface area contributed by atoms with E-state index in [0.717, 1.165) is 42.5 Å². The standard InChI is InChI=1S/C36H45N3O3/c1-4-6-8-11-28-14-18-30(19-15-28)36(41)39(23-7-5-2)27-35(40)38(26-29-16-20-32(42-3)21-17-29)24-22-31-25-37-34-13-10-9-12-33(31)34/h9-10,12-21,25,37H,4-8,11,22-24,26-27H2,1-3H3. The monoisotopic (exact) mass is 567 g/mol. The second-order valence-electron chi connectivity index (χ2n) is 11.0. The summed E-state index contributed by atoms with van der Waals surface area (Å²) < 4.78 is 5.32. The highest BCUT2D eigenvalue weighted by Gasteiger charge is 2.23. The molecule has 4 rings (SSSR count). The number of aromatic nitrogens is 1. The minimum Gasteiger partial charge on any atom is -0.497 e. The van der Waals surface area contributed by atoms with Gasteiger partial charge >= 0.3 is 0 Å². The topological polar surface area (TPSA) is 65.6 Å². The van der Waals surface area contributed by atoms with Gasteiger partial charge in [0, 0.05) is 42.3 Å². The Morgan fingerprint density at radius 2 is 1.48 bits per heavy atom. The molecule has 1 heterocycles. The molecule has 2 amide bonds. The van der Waals surface area contributed by atoms with Gasteiger partial charge in [-0.05, 0) is 72.7 Å². The van der Waals surface area contributed by atoms with Gasteiger partial charge < -0.3 is 19.5 Å². The summed E-state index contributed by atoms with van der Waals surface area (Å²) in [5.74, 6) is 0.646. The van der Waals surface area contributed by atoms with Gasteiger partial charge in [-0.3, -0.25) is 9.59 Å². The number of H-pyrrole nitrogens is 1. The maximum absolute atomic E-state index is 13.9. The third-order valence-electron chi connectivity index (χ3n) is 7.88. The molecule has 0 unspecified atom stereocenters. The Labute approximate surface area is 250 Å². The number of para-hydroxylation sites is 1. The molecule has 0 atom stereocenters. The van der Waals surface area contributed by atoms with Gasteiger partial charge in [0.2, 0.25) is 5.91 Å². The van der Waals surface area contributed by atoms with Gasteiger partial charge in [-0.1, -0.05) is 75.6 Å². The van der Waals surface area contributed by atoms with Crippen molar-refractivity contribution in [1.82, 2.24) is 14.8 Å². The summed E-state index contributed by atoms with van der Waals surface area (Å²) in [6.07, 6.45) is 9.13. The molecule has 0 aliphatic heterocycles. The van der Waals surface area contributed by atoms with Crippen molar-refractivity contribution in [1.29, 1.82) is 0 Å². The van der Waals surface area contributed by atoms with Crippen LogP contribution in [-0.2, 0) is 24.2 Å². The van der Waals surface area contributed by atoms with Crippen LogP contribution in [0.2, 0.25) is 0 Å². The number of benzene rings is 3. The minimum atomic E-state index is -0.0852. The molecule has 0 saturated carbocycles. The second-order valence-corrected chi connectivity index (χ2v) is 11.0. The van der Waals surface area contributed by atoms with Crippen LogP contribution in [0.15, 0.2) is 79.0 Å². The van der Waals surface area contributed by atoms with E-state index in [1.165, 1.54) is 29.4 Å². The number of carbonyl (C=O) groups is 2. The predicted molar refractivity (Wildman–Crippen MR) is 171 cm³/mol. The number of aromatic amines is 1. The van der Waals surface area contributed by atoms with Crippen molar-refractivity contribution < 1.29 is 14.3 Å². The van der Waals surface area contributed by atoms with Crippen LogP contribution in [0.25, 0.3) is 10.9 Å². The third-order valence-corrected chi connectivity index (χ3v) is 7.88. The normalized spacial score (nSPS) is 11.0. The van der Waals surface area contributed by atoms with Crippen LogP contribution in [0.3, 0.4) is 0 Å². The van der Waals surface area contributed by atoms with Crippen molar-refractivity contribution in [2.24, 2.45) is 0 Å². The van der Waals surface area contributed by atoms with Crippen LogP contribution in [0.1, 0.15) is 73.0 Å². The molecule has 0 aliphatic rings. The van der Waals surface area contributed by atoms with Crippen LogP contribution in [-0.4, -0.2) is 53.3 Å². The highest BCUT2D eigenvalue weighted by Crippen LogP contribution is 2.20. The summed E-state index contributed by atoms with van der Waals surface area (Å²) >= 11 is 0. The summed E-state index contributed by atoms with van der Waals surface area (Å²) in [4.78, 5) is 34.5. The number of methoxy groups -OCH3 is 1. The molecule has 0 aliphatic carbocycles. The van der Waals surface area contributed by atoms with E-state index >= 15 is 0 Å². The molecule has 0 saturated heterocycles. The maximum Gasteiger partial charge on any atom is 0.254 e. The number of amides is 2. The van der Waals surface area contributed by atoms with Crippen LogP contribution < -0.4 is 4.74 Å². The number of nitrogens with one attached hydrogen (secondary N) is 1. The Hall–Kier alpha value is -4.06. The van der Waals surface area contributed by atoms with Gasteiger partial charge in [0.05, 0.1) is 7.11 Å². The first-order chi connectivity index (χ1) is 20.5. The molecule has 0 spiro atoms. The molecule has 6 nitrogen and oxygen atoms in total. The lowest BCUT2D eigenvalue weighted by atomic mass is 10.0. The Morgan fingerprint density at radius 3 is 2.19 bits per heavy atom. The number of aryl methyl sites for hydroxylation is 1. The number of nitrogens with zero attached hydrogens (tertiary/aromatic N) is 2. The molecule has 0 radical (unpaired) electrons. The van der Waals surface area contributed by atoms with E-state index in [1.807, 2.05) is 59.6 Å². The lowest BCUT2D eigenvalue weighted by molar-refractivity contribution is -0.132. The lowest BCUT2D eigenvalue weighted by Crippen LogP contribution is -2.43. The van der Waals surface area contributed by atoms with Crippen LogP contribution in [0.4, 0.5) is 0 Å². The molecule has 1 N–H and O–H groups in total. The zero-order valence-corrected chi connectivity index (χ0v) is 25.4. The first-order valence-electron chi connectivity index (χ1n) is 15.4. The smallest absolute Gasteiger partial charge is 0.254 e. The van der Waals surface area contributed by atoms with Crippen molar-refractivity contribution in [3.63, 3.8) is 0 Å². The molecular formula is C36H45N3O3. The molecule has 222 valence electrons. The highest BCUT2D eigenvalue weighted by atomic mass is 16.5. The van der Waals surface area contributed by atoms with E-state index in [2.05, 4.69) is 43.1 Å². The fourth-order valence-corrected chi connectivity index (χ4v) is 5.28. The first-order valence-corrected chi connectivity index (χ1v) is 15.4. The first kappa shape index (κ1) is 30.9. The minimum absolute atomic E-state index is 0.0497. The van der Waals surface area contributed by atoms with Gasteiger partial charge in [-0.15, -0.1) is 0 Å². The Kier molecular flexibility index (Phi) is 11.6. The van der Waals surface area contributed by atoms with Crippen molar-refractivity contribution in [3.05, 3.63) is 101 Å². The number of hydrogen-bond donors (Lipinski definition) is 1. The largest absolute Gasteiger partial charge is 0.497 e. The van der Waals surface area contributed by atoms with Gasteiger partial charge in [-0.2, -0.15) is 0 Å². The Morgan fingerprint density at radius 1 is 0.762 bits per heavy atom. The van der Waals surface area contributed by atoms with E-state index < -0.39 is 0 Å². The highest BCUT2D eigenvalue weighted by molar-refractivity contribution is 5.96. The molecule has 1 aromatic heterocycles. The predicted octanol–water partition coefficient (Wildman–Crippen LogP) is 7.42. The van der Waals surface area contributed by atoms with Gasteiger partial charge in [-0.25, -0.2) is 0 Å². The molecule has 6 heteroatoms. The SMILES string of the molecule is CCCCCc1ccc(C(=O)N(CCCC)CC(=O)N(CCc2c[nH]c3ccccc23)Cc2ccc(OC)cc2)cc1. The number of unbranched alkanes of at least 4 members (excludes halogenated alkanes) is 3. The average Bonchev–Trinajstić information content (AvgIpc) is 3.44. The quantitative estimate of drug-likeness (QED) is 0.143. The zero-order valence-electron chi connectivity index (χ0n) is 25.4. The van der Waals surface area contributed by atoms with E-state index in [9.17, 15) is 9.59 Å². The fourth-order valence-electron chi connectivity index (χ4n) is 5.28. The number of rotatable bonds is 16. The van der Waals surface area contributed by atoms with E-state index in [4.69, 9.17) is 4.74 Å². The Bertz CT molecular complexity index is 1410. The zero-order chi connectivity index (χ0) is 29.7. The fraction of sp³-hybridized carbons (Fsp3) is 0.389.